The number of piperidine rings is 1. The van der Waals surface area contributed by atoms with Crippen molar-refractivity contribution in [3.8, 4) is 0 Å². The van der Waals surface area contributed by atoms with Crippen LogP contribution in [-0.4, -0.2) is 32.5 Å². The molecule has 1 aliphatic rings. The van der Waals surface area contributed by atoms with E-state index in [-0.39, 0.29) is 5.92 Å². The van der Waals surface area contributed by atoms with Crippen molar-refractivity contribution in [2.75, 3.05) is 20.2 Å². The Morgan fingerprint density at radius 3 is 2.23 bits per heavy atom. The van der Waals surface area contributed by atoms with Gasteiger partial charge in [-0.15, -0.1) is 0 Å². The molecule has 2 nitrogen and oxygen atoms in total. The predicted octanol–water partition coefficient (Wildman–Crippen LogP) is 1.56. The Hall–Kier alpha value is -0.290. The summed E-state index contributed by atoms with van der Waals surface area (Å²) in [5.41, 5.74) is 0. The number of methoxy groups -OCH3 is 1. The van der Waals surface area contributed by atoms with E-state index in [1.807, 2.05) is 0 Å². The lowest BCUT2D eigenvalue weighted by Gasteiger charge is -2.30. The summed E-state index contributed by atoms with van der Waals surface area (Å²) in [6.07, 6.45) is -4.73. The molecule has 1 fully saturated rings. The lowest BCUT2D eigenvalue weighted by Crippen LogP contribution is -2.42. The molecule has 5 heteroatoms. The second-order valence-electron chi connectivity index (χ2n) is 3.29. The van der Waals surface area contributed by atoms with E-state index >= 15 is 0 Å². The molecule has 1 atom stereocenters. The molecule has 78 valence electrons. The summed E-state index contributed by atoms with van der Waals surface area (Å²) in [5.74, 6) is -0.383. The highest BCUT2D eigenvalue weighted by Gasteiger charge is 2.45. The average Bonchev–Trinajstić information content (AvgIpc) is 2.05. The van der Waals surface area contributed by atoms with Gasteiger partial charge in [0.05, 0.1) is 0 Å². The van der Waals surface area contributed by atoms with E-state index in [1.54, 1.807) is 0 Å². The first-order valence-corrected chi connectivity index (χ1v) is 4.36. The van der Waals surface area contributed by atoms with Gasteiger partial charge in [-0.05, 0) is 31.8 Å². The van der Waals surface area contributed by atoms with Gasteiger partial charge >= 0.3 is 6.18 Å². The SMILES string of the molecule is COC(C1CCNCC1)C(F)(F)F. The number of nitrogens with one attached hydrogen (secondary N) is 1. The topological polar surface area (TPSA) is 21.3 Å². The van der Waals surface area contributed by atoms with Gasteiger partial charge in [0.2, 0.25) is 0 Å². The molecule has 0 amide bonds. The predicted molar refractivity (Wildman–Crippen MR) is 42.4 cm³/mol. The molecule has 1 aliphatic heterocycles. The summed E-state index contributed by atoms with van der Waals surface area (Å²) < 4.78 is 41.6. The van der Waals surface area contributed by atoms with Gasteiger partial charge in [-0.2, -0.15) is 13.2 Å². The Balaban J connectivity index is 2.54. The van der Waals surface area contributed by atoms with E-state index in [9.17, 15) is 13.2 Å². The van der Waals surface area contributed by atoms with Gasteiger partial charge < -0.3 is 10.1 Å². The highest BCUT2D eigenvalue weighted by molar-refractivity contribution is 4.80. The Labute approximate surface area is 75.4 Å². The largest absolute Gasteiger partial charge is 0.414 e. The third kappa shape index (κ3) is 2.84. The minimum atomic E-state index is -4.23. The summed E-state index contributed by atoms with van der Waals surface area (Å²) in [6.45, 7) is 1.31. The molecule has 13 heavy (non-hydrogen) atoms. The maximum absolute atomic E-state index is 12.4. The molecule has 0 spiro atoms. The molecule has 0 saturated carbocycles. The van der Waals surface area contributed by atoms with Gasteiger partial charge in [-0.1, -0.05) is 0 Å². The van der Waals surface area contributed by atoms with Crippen molar-refractivity contribution in [2.24, 2.45) is 5.92 Å². The van der Waals surface area contributed by atoms with Crippen LogP contribution in [0, 0.1) is 5.92 Å². The lowest BCUT2D eigenvalue weighted by atomic mass is 9.92. The van der Waals surface area contributed by atoms with Crippen molar-refractivity contribution in [1.29, 1.82) is 0 Å². The molecule has 1 unspecified atom stereocenters. The number of hydrogen-bond donors (Lipinski definition) is 1. The van der Waals surface area contributed by atoms with Crippen LogP contribution in [0.4, 0.5) is 13.2 Å². The monoisotopic (exact) mass is 197 g/mol. The van der Waals surface area contributed by atoms with Gasteiger partial charge in [-0.3, -0.25) is 0 Å². The second kappa shape index (κ2) is 4.28. The zero-order valence-corrected chi connectivity index (χ0v) is 7.53. The highest BCUT2D eigenvalue weighted by Crippen LogP contribution is 2.32. The van der Waals surface area contributed by atoms with Gasteiger partial charge in [0.25, 0.3) is 0 Å². The summed E-state index contributed by atoms with van der Waals surface area (Å²) in [5, 5.41) is 3.02. The molecule has 0 bridgehead atoms. The summed E-state index contributed by atoms with van der Waals surface area (Å²) in [6, 6.07) is 0. The smallest absolute Gasteiger partial charge is 0.372 e. The number of halogens is 3. The van der Waals surface area contributed by atoms with Crippen LogP contribution in [0.2, 0.25) is 0 Å². The molecule has 0 aromatic carbocycles. The lowest BCUT2D eigenvalue weighted by molar-refractivity contribution is -0.230. The van der Waals surface area contributed by atoms with Crippen LogP contribution in [0.1, 0.15) is 12.8 Å². The van der Waals surface area contributed by atoms with Crippen molar-refractivity contribution in [3.05, 3.63) is 0 Å². The van der Waals surface area contributed by atoms with Gasteiger partial charge in [0.1, 0.15) is 0 Å². The van der Waals surface area contributed by atoms with Gasteiger partial charge in [-0.25, -0.2) is 0 Å². The molecule has 1 heterocycles. The quantitative estimate of drug-likeness (QED) is 0.725. The van der Waals surface area contributed by atoms with E-state index in [4.69, 9.17) is 0 Å². The van der Waals surface area contributed by atoms with Gasteiger partial charge in [0, 0.05) is 7.11 Å². The van der Waals surface area contributed by atoms with E-state index in [0.717, 1.165) is 7.11 Å². The first kappa shape index (κ1) is 10.8. The van der Waals surface area contributed by atoms with Crippen LogP contribution < -0.4 is 5.32 Å². The van der Waals surface area contributed by atoms with Crippen LogP contribution in [0.3, 0.4) is 0 Å². The van der Waals surface area contributed by atoms with Crippen molar-refractivity contribution in [1.82, 2.24) is 5.32 Å². The normalized spacial score (nSPS) is 23.1. The first-order chi connectivity index (χ1) is 6.05. The molecule has 0 aromatic rings. The van der Waals surface area contributed by atoms with E-state index in [2.05, 4.69) is 10.1 Å². The molecule has 1 saturated heterocycles. The number of rotatable bonds is 2. The van der Waals surface area contributed by atoms with Gasteiger partial charge in [0.15, 0.2) is 6.10 Å². The van der Waals surface area contributed by atoms with Crippen LogP contribution in [0.15, 0.2) is 0 Å². The zero-order chi connectivity index (χ0) is 9.90. The number of alkyl halides is 3. The molecule has 1 rings (SSSR count). The van der Waals surface area contributed by atoms with E-state index < -0.39 is 12.3 Å². The summed E-state index contributed by atoms with van der Waals surface area (Å²) >= 11 is 0. The Bertz CT molecular complexity index is 154. The molecular weight excluding hydrogens is 183 g/mol. The average molecular weight is 197 g/mol. The van der Waals surface area contributed by atoms with Crippen molar-refractivity contribution >= 4 is 0 Å². The molecular formula is C8H14F3NO. The van der Waals surface area contributed by atoms with Crippen molar-refractivity contribution < 1.29 is 17.9 Å². The van der Waals surface area contributed by atoms with Crippen molar-refractivity contribution in [2.45, 2.75) is 25.1 Å². The standard InChI is InChI=1S/C8H14F3NO/c1-13-7(8(9,10)11)6-2-4-12-5-3-6/h6-7,12H,2-5H2,1H3. The fourth-order valence-electron chi connectivity index (χ4n) is 1.74. The molecule has 0 aromatic heterocycles. The number of ether oxygens (including phenoxy) is 1. The molecule has 1 N–H and O–H groups in total. The maximum atomic E-state index is 12.4. The minimum Gasteiger partial charge on any atom is -0.372 e. The first-order valence-electron chi connectivity index (χ1n) is 4.36. The van der Waals surface area contributed by atoms with Crippen LogP contribution in [0.25, 0.3) is 0 Å². The fourth-order valence-corrected chi connectivity index (χ4v) is 1.74. The summed E-state index contributed by atoms with van der Waals surface area (Å²) in [4.78, 5) is 0. The summed E-state index contributed by atoms with van der Waals surface area (Å²) in [7, 11) is 1.13. The highest BCUT2D eigenvalue weighted by atomic mass is 19.4. The van der Waals surface area contributed by atoms with E-state index in [1.165, 1.54) is 0 Å². The Kier molecular flexibility index (Phi) is 3.55. The zero-order valence-electron chi connectivity index (χ0n) is 7.53. The van der Waals surface area contributed by atoms with Crippen molar-refractivity contribution in [3.63, 3.8) is 0 Å². The third-order valence-corrected chi connectivity index (χ3v) is 2.39. The minimum absolute atomic E-state index is 0.383. The maximum Gasteiger partial charge on any atom is 0.414 e. The number of hydrogen-bond acceptors (Lipinski definition) is 2. The second-order valence-corrected chi connectivity index (χ2v) is 3.29. The Morgan fingerprint density at radius 2 is 1.85 bits per heavy atom. The Morgan fingerprint density at radius 1 is 1.31 bits per heavy atom. The van der Waals surface area contributed by atoms with Crippen LogP contribution >= 0.6 is 0 Å². The van der Waals surface area contributed by atoms with Crippen LogP contribution in [0.5, 0.6) is 0 Å². The fraction of sp³-hybridized carbons (Fsp3) is 1.00. The molecule has 0 radical (unpaired) electrons. The van der Waals surface area contributed by atoms with Crippen LogP contribution in [-0.2, 0) is 4.74 Å². The third-order valence-electron chi connectivity index (χ3n) is 2.39. The van der Waals surface area contributed by atoms with E-state index in [0.29, 0.717) is 25.9 Å². The molecule has 0 aliphatic carbocycles.